The molecule has 0 amide bonds. The fourth-order valence-electron chi connectivity index (χ4n) is 8.55. The van der Waals surface area contributed by atoms with Gasteiger partial charge in [0.05, 0.1) is 62.3 Å². The van der Waals surface area contributed by atoms with E-state index in [0.717, 1.165) is 78.0 Å². The minimum Gasteiger partial charge on any atom is -0.308 e. The molecule has 5 nitrogen and oxygen atoms in total. The molecule has 282 valence electrons. The Kier molecular flexibility index (Phi) is 8.35. The number of hydrogen-bond acceptors (Lipinski definition) is 3. The van der Waals surface area contributed by atoms with Crippen LogP contribution in [0.1, 0.15) is 22.3 Å². The number of hydrogen-bond donors (Lipinski definition) is 0. The van der Waals surface area contributed by atoms with Gasteiger partial charge in [-0.3, -0.25) is 0 Å². The zero-order valence-electron chi connectivity index (χ0n) is 31.5. The van der Waals surface area contributed by atoms with Crippen molar-refractivity contribution in [2.24, 2.45) is 0 Å². The van der Waals surface area contributed by atoms with Gasteiger partial charge in [0.15, 0.2) is 0 Å². The van der Waals surface area contributed by atoms with Crippen LogP contribution in [0.4, 0.5) is 13.2 Å². The summed E-state index contributed by atoms with van der Waals surface area (Å²) in [5.41, 5.74) is 9.09. The van der Waals surface area contributed by atoms with Gasteiger partial charge in [-0.25, -0.2) is 0 Å². The molecule has 10 aromatic rings. The van der Waals surface area contributed by atoms with Gasteiger partial charge in [-0.2, -0.15) is 29.0 Å². The smallest absolute Gasteiger partial charge is 0.308 e. The number of alkyl halides is 3. The van der Waals surface area contributed by atoms with E-state index in [1.54, 1.807) is 18.2 Å². The number of halogens is 3. The molecule has 0 saturated carbocycles. The molecule has 0 saturated heterocycles. The number of aromatic nitrogens is 2. The maximum absolute atomic E-state index is 14.3. The molecule has 0 spiro atoms. The molecule has 0 unspecified atom stereocenters. The fourth-order valence-corrected chi connectivity index (χ4v) is 8.55. The van der Waals surface area contributed by atoms with E-state index in [9.17, 15) is 29.0 Å². The van der Waals surface area contributed by atoms with E-state index >= 15 is 0 Å². The lowest BCUT2D eigenvalue weighted by Crippen LogP contribution is -2.07. The largest absolute Gasteiger partial charge is 0.416 e. The highest BCUT2D eigenvalue weighted by Crippen LogP contribution is 2.44. The van der Waals surface area contributed by atoms with Gasteiger partial charge in [0.2, 0.25) is 0 Å². The molecule has 0 atom stereocenters. The maximum atomic E-state index is 14.3. The molecule has 10 rings (SSSR count). The molecule has 2 aromatic heterocycles. The molecule has 0 bridgehead atoms. The van der Waals surface area contributed by atoms with Crippen LogP contribution in [0.5, 0.6) is 0 Å². The van der Waals surface area contributed by atoms with E-state index in [2.05, 4.69) is 30.3 Å². The highest BCUT2D eigenvalue weighted by atomic mass is 19.4. The van der Waals surface area contributed by atoms with E-state index in [-0.39, 0.29) is 5.56 Å². The van der Waals surface area contributed by atoms with Crippen molar-refractivity contribution in [3.63, 3.8) is 0 Å². The number of rotatable bonds is 5. The predicted octanol–water partition coefficient (Wildman–Crippen LogP) is 13.5. The lowest BCUT2D eigenvalue weighted by molar-refractivity contribution is -0.137. The molecule has 0 radical (unpaired) electrons. The number of benzene rings is 8. The van der Waals surface area contributed by atoms with Crippen LogP contribution >= 0.6 is 0 Å². The zero-order valence-corrected chi connectivity index (χ0v) is 31.5. The number of para-hydroxylation sites is 2. The van der Waals surface area contributed by atoms with Gasteiger partial charge in [-0.15, -0.1) is 0 Å². The summed E-state index contributed by atoms with van der Waals surface area (Å²) in [5, 5.41) is 34.3. The Labute approximate surface area is 341 Å². The molecular weight excluding hydrogens is 752 g/mol. The standard InChI is InChI=1S/C52H28F3N5/c53-52(54,55)39-13-7-12-38(26-39)40-20-23-50(59-46-16-3-1-14-41(46)43-27-36(18-21-48(43)59)34-10-5-8-32(24-34)29-56)45(31-58)51(40)60-47-17-4-2-15-42(47)44-28-37(19-22-49(44)60)35-11-6-9-33(25-35)30-57/h1-28H. The van der Waals surface area contributed by atoms with E-state index in [1.807, 2.05) is 130 Å². The van der Waals surface area contributed by atoms with Crippen molar-refractivity contribution < 1.29 is 13.2 Å². The summed E-state index contributed by atoms with van der Waals surface area (Å²) in [5.74, 6) is 0. The molecule has 8 aromatic carbocycles. The Bertz CT molecular complexity index is 3530. The highest BCUT2D eigenvalue weighted by molar-refractivity contribution is 6.13. The topological polar surface area (TPSA) is 81.2 Å². The van der Waals surface area contributed by atoms with Crippen molar-refractivity contribution >= 4 is 43.6 Å². The lowest BCUT2D eigenvalue weighted by atomic mass is 9.96. The first-order chi connectivity index (χ1) is 29.2. The molecule has 0 N–H and O–H groups in total. The average molecular weight is 780 g/mol. The second-order valence-electron chi connectivity index (χ2n) is 14.6. The third-order valence-electron chi connectivity index (χ3n) is 11.2. The van der Waals surface area contributed by atoms with Crippen LogP contribution in [-0.4, -0.2) is 9.13 Å². The first-order valence-electron chi connectivity index (χ1n) is 19.1. The zero-order chi connectivity index (χ0) is 41.1. The molecular formula is C52H28F3N5. The first kappa shape index (κ1) is 36.0. The van der Waals surface area contributed by atoms with Crippen LogP contribution in [-0.2, 0) is 6.18 Å². The summed E-state index contributed by atoms with van der Waals surface area (Å²) in [6.45, 7) is 0. The molecule has 0 aliphatic carbocycles. The summed E-state index contributed by atoms with van der Waals surface area (Å²) in [4.78, 5) is 0. The van der Waals surface area contributed by atoms with Crippen molar-refractivity contribution in [2.45, 2.75) is 6.18 Å². The Morgan fingerprint density at radius 1 is 0.400 bits per heavy atom. The van der Waals surface area contributed by atoms with Gasteiger partial charge >= 0.3 is 6.18 Å². The number of fused-ring (bicyclic) bond motifs is 6. The Morgan fingerprint density at radius 2 is 0.900 bits per heavy atom. The fraction of sp³-hybridized carbons (Fsp3) is 0.0192. The van der Waals surface area contributed by atoms with Crippen molar-refractivity contribution in [2.75, 3.05) is 0 Å². The van der Waals surface area contributed by atoms with Crippen LogP contribution in [0.3, 0.4) is 0 Å². The van der Waals surface area contributed by atoms with Gasteiger partial charge in [-0.1, -0.05) is 91.0 Å². The Morgan fingerprint density at radius 3 is 1.47 bits per heavy atom. The SMILES string of the molecule is N#Cc1cccc(-c2ccc3c(c2)c2ccccc2n3-c2ccc(-c3cccc(C(F)(F)F)c3)c(-n3c4ccccc4c4cc(-c5cccc(C#N)c5)ccc43)c2C#N)c1. The van der Waals surface area contributed by atoms with E-state index in [1.165, 1.54) is 6.07 Å². The third-order valence-corrected chi connectivity index (χ3v) is 11.2. The molecule has 8 heteroatoms. The Balaban J connectivity index is 1.29. The van der Waals surface area contributed by atoms with Crippen molar-refractivity contribution in [1.29, 1.82) is 15.8 Å². The van der Waals surface area contributed by atoms with Crippen molar-refractivity contribution in [3.8, 4) is 63.0 Å². The molecule has 0 aliphatic rings. The van der Waals surface area contributed by atoms with E-state index in [0.29, 0.717) is 33.6 Å². The molecule has 0 aliphatic heterocycles. The van der Waals surface area contributed by atoms with Crippen molar-refractivity contribution in [3.05, 3.63) is 192 Å². The monoisotopic (exact) mass is 779 g/mol. The predicted molar refractivity (Wildman–Crippen MR) is 231 cm³/mol. The second kappa shape index (κ2) is 13.9. The lowest BCUT2D eigenvalue weighted by Gasteiger charge is -2.20. The van der Waals surface area contributed by atoms with Gasteiger partial charge in [0, 0.05) is 27.1 Å². The highest BCUT2D eigenvalue weighted by Gasteiger charge is 2.31. The molecule has 0 fully saturated rings. The molecule has 2 heterocycles. The van der Waals surface area contributed by atoms with Crippen LogP contribution in [0.25, 0.3) is 88.4 Å². The van der Waals surface area contributed by atoms with Crippen LogP contribution in [0, 0.1) is 34.0 Å². The minimum atomic E-state index is -4.59. The van der Waals surface area contributed by atoms with Crippen LogP contribution < -0.4 is 0 Å². The van der Waals surface area contributed by atoms with E-state index in [4.69, 9.17) is 0 Å². The van der Waals surface area contributed by atoms with Crippen LogP contribution in [0.15, 0.2) is 170 Å². The number of nitriles is 3. The maximum Gasteiger partial charge on any atom is 0.416 e. The first-order valence-corrected chi connectivity index (χ1v) is 19.1. The Hall–Kier alpha value is -8.38. The summed E-state index contributed by atoms with van der Waals surface area (Å²) in [7, 11) is 0. The average Bonchev–Trinajstić information content (AvgIpc) is 3.80. The van der Waals surface area contributed by atoms with Crippen molar-refractivity contribution in [1.82, 2.24) is 9.13 Å². The van der Waals surface area contributed by atoms with Crippen LogP contribution in [0.2, 0.25) is 0 Å². The summed E-state index contributed by atoms with van der Waals surface area (Å²) in [6.07, 6.45) is -4.59. The van der Waals surface area contributed by atoms with Gasteiger partial charge in [-0.05, 0) is 107 Å². The summed E-state index contributed by atoms with van der Waals surface area (Å²) >= 11 is 0. The molecule has 60 heavy (non-hydrogen) atoms. The van der Waals surface area contributed by atoms with Gasteiger partial charge < -0.3 is 9.13 Å². The quantitative estimate of drug-likeness (QED) is 0.174. The van der Waals surface area contributed by atoms with Gasteiger partial charge in [0.1, 0.15) is 11.6 Å². The normalized spacial score (nSPS) is 11.5. The minimum absolute atomic E-state index is 0.270. The van der Waals surface area contributed by atoms with E-state index < -0.39 is 11.7 Å². The summed E-state index contributed by atoms with van der Waals surface area (Å²) in [6, 6.07) is 58.5. The van der Waals surface area contributed by atoms with Gasteiger partial charge in [0.25, 0.3) is 0 Å². The number of nitrogens with zero attached hydrogens (tertiary/aromatic N) is 5. The second-order valence-corrected chi connectivity index (χ2v) is 14.6. The summed E-state index contributed by atoms with van der Waals surface area (Å²) < 4.78 is 46.9. The third kappa shape index (κ3) is 5.77.